The molecule has 2 atom stereocenters. The fourth-order valence-corrected chi connectivity index (χ4v) is 1.97. The quantitative estimate of drug-likeness (QED) is 0.365. The Morgan fingerprint density at radius 1 is 0.815 bits per heavy atom. The van der Waals surface area contributed by atoms with Crippen LogP contribution >= 0.6 is 0 Å². The predicted molar refractivity (Wildman–Crippen MR) is 77.2 cm³/mol. The van der Waals surface area contributed by atoms with Crippen molar-refractivity contribution in [2.75, 3.05) is 0 Å². The van der Waals surface area contributed by atoms with Crippen molar-refractivity contribution in [1.29, 1.82) is 0 Å². The summed E-state index contributed by atoms with van der Waals surface area (Å²) in [6, 6.07) is 5.70. The molecule has 1 rings (SSSR count). The number of halogens is 9. The normalized spacial score (nSPS) is 16.1. The number of benzene rings is 1. The van der Waals surface area contributed by atoms with Gasteiger partial charge in [0.05, 0.1) is 0 Å². The van der Waals surface area contributed by atoms with Crippen LogP contribution in [-0.4, -0.2) is 30.4 Å². The van der Waals surface area contributed by atoms with Crippen LogP contribution in [0.15, 0.2) is 24.3 Å². The summed E-state index contributed by atoms with van der Waals surface area (Å²) in [5, 5.41) is 0. The van der Waals surface area contributed by atoms with Crippen molar-refractivity contribution in [3.8, 4) is 5.75 Å². The molecule has 0 saturated carbocycles. The average molecular weight is 412 g/mol. The Labute approximate surface area is 149 Å². The maximum atomic E-state index is 13.4. The Kier molecular flexibility index (Phi) is 6.73. The van der Waals surface area contributed by atoms with Crippen LogP contribution in [0.3, 0.4) is 0 Å². The second-order valence-corrected chi connectivity index (χ2v) is 5.84. The van der Waals surface area contributed by atoms with Crippen molar-refractivity contribution in [2.24, 2.45) is 0 Å². The molecular formula is C16H17F9O2. The smallest absolute Gasteiger partial charge is 0.460 e. The van der Waals surface area contributed by atoms with Gasteiger partial charge in [0.2, 0.25) is 6.29 Å². The van der Waals surface area contributed by atoms with E-state index in [0.29, 0.717) is 6.92 Å². The number of alkyl halides is 9. The fraction of sp³-hybridized carbons (Fsp3) is 0.625. The van der Waals surface area contributed by atoms with E-state index in [4.69, 9.17) is 4.74 Å². The molecule has 0 aliphatic heterocycles. The number of hydrogen-bond acceptors (Lipinski definition) is 2. The van der Waals surface area contributed by atoms with Crippen molar-refractivity contribution in [1.82, 2.24) is 0 Å². The van der Waals surface area contributed by atoms with Crippen molar-refractivity contribution < 1.29 is 49.0 Å². The molecule has 0 spiro atoms. The lowest BCUT2D eigenvalue weighted by atomic mass is 9.99. The molecule has 1 aromatic carbocycles. The van der Waals surface area contributed by atoms with Gasteiger partial charge in [0.1, 0.15) is 5.75 Å². The maximum Gasteiger partial charge on any atom is 0.460 e. The van der Waals surface area contributed by atoms with Crippen LogP contribution < -0.4 is 4.74 Å². The summed E-state index contributed by atoms with van der Waals surface area (Å²) in [5.74, 6) is -13.8. The van der Waals surface area contributed by atoms with E-state index < -0.39 is 30.4 Å². The Balaban J connectivity index is 2.89. The van der Waals surface area contributed by atoms with E-state index in [1.54, 1.807) is 12.1 Å². The van der Waals surface area contributed by atoms with Gasteiger partial charge in [-0.1, -0.05) is 26.0 Å². The molecular weight excluding hydrogens is 395 g/mol. The van der Waals surface area contributed by atoms with Gasteiger partial charge in [-0.2, -0.15) is 39.5 Å². The van der Waals surface area contributed by atoms with E-state index in [1.807, 2.05) is 13.8 Å². The lowest BCUT2D eigenvalue weighted by molar-refractivity contribution is -0.456. The molecule has 0 aliphatic rings. The zero-order valence-corrected chi connectivity index (χ0v) is 14.4. The number of ether oxygens (including phenoxy) is 2. The molecule has 1 aromatic rings. The van der Waals surface area contributed by atoms with Gasteiger partial charge in [0.15, 0.2) is 0 Å². The third-order valence-electron chi connectivity index (χ3n) is 3.79. The molecule has 156 valence electrons. The van der Waals surface area contributed by atoms with Crippen LogP contribution in [0.25, 0.3) is 0 Å². The van der Waals surface area contributed by atoms with Crippen LogP contribution in [-0.2, 0) is 4.74 Å². The van der Waals surface area contributed by atoms with Gasteiger partial charge in [-0.25, -0.2) is 0 Å². The van der Waals surface area contributed by atoms with Crippen LogP contribution in [0.1, 0.15) is 38.7 Å². The van der Waals surface area contributed by atoms with E-state index in [0.717, 1.165) is 12.0 Å². The van der Waals surface area contributed by atoms with Crippen molar-refractivity contribution in [3.05, 3.63) is 29.8 Å². The molecule has 0 saturated heterocycles. The molecule has 11 heteroatoms. The van der Waals surface area contributed by atoms with Crippen LogP contribution in [0.5, 0.6) is 5.75 Å². The molecule has 2 nitrogen and oxygen atoms in total. The molecule has 0 N–H and O–H groups in total. The van der Waals surface area contributed by atoms with Gasteiger partial charge >= 0.3 is 24.1 Å². The van der Waals surface area contributed by atoms with Gasteiger partial charge in [0, 0.05) is 0 Å². The van der Waals surface area contributed by atoms with Gasteiger partial charge < -0.3 is 4.74 Å². The summed E-state index contributed by atoms with van der Waals surface area (Å²) in [7, 11) is 0. The van der Waals surface area contributed by atoms with Gasteiger partial charge in [-0.05, 0) is 37.0 Å². The topological polar surface area (TPSA) is 18.5 Å². The Hall–Kier alpha value is -1.65. The fourth-order valence-electron chi connectivity index (χ4n) is 1.97. The van der Waals surface area contributed by atoms with Crippen molar-refractivity contribution in [2.45, 2.75) is 63.5 Å². The molecule has 0 fully saturated rings. The minimum Gasteiger partial charge on any atom is -0.465 e. The first-order valence-electron chi connectivity index (χ1n) is 7.71. The molecule has 0 aromatic heterocycles. The van der Waals surface area contributed by atoms with E-state index in [9.17, 15) is 39.5 Å². The first-order chi connectivity index (χ1) is 12.1. The molecule has 0 amide bonds. The number of hydrogen-bond donors (Lipinski definition) is 0. The Morgan fingerprint density at radius 2 is 1.30 bits per heavy atom. The second-order valence-electron chi connectivity index (χ2n) is 5.84. The van der Waals surface area contributed by atoms with Gasteiger partial charge in [-0.3, -0.25) is 4.74 Å². The van der Waals surface area contributed by atoms with Gasteiger partial charge in [0.25, 0.3) is 0 Å². The van der Waals surface area contributed by atoms with Crippen LogP contribution in [0, 0.1) is 0 Å². The van der Waals surface area contributed by atoms with Crippen LogP contribution in [0.2, 0.25) is 0 Å². The summed E-state index contributed by atoms with van der Waals surface area (Å²) in [6.07, 6.45) is -14.5. The zero-order chi connectivity index (χ0) is 21.3. The largest absolute Gasteiger partial charge is 0.465 e. The highest BCUT2D eigenvalue weighted by atomic mass is 19.4. The highest BCUT2D eigenvalue weighted by Crippen LogP contribution is 2.53. The predicted octanol–water partition coefficient (Wildman–Crippen LogP) is 6.37. The first kappa shape index (κ1) is 23.4. The highest BCUT2D eigenvalue weighted by Gasteiger charge is 2.83. The highest BCUT2D eigenvalue weighted by molar-refractivity contribution is 5.29. The molecule has 2 unspecified atom stereocenters. The van der Waals surface area contributed by atoms with Crippen molar-refractivity contribution in [3.63, 3.8) is 0 Å². The second kappa shape index (κ2) is 7.76. The standard InChI is InChI=1S/C16H17F9O2/c1-4-9(2)11-5-7-12(8-6-11)26-10(3)27-16(24,25)14(19,20)13(17,18)15(21,22)23/h5-10H,4H2,1-3H3. The van der Waals surface area contributed by atoms with E-state index in [2.05, 4.69) is 4.74 Å². The first-order valence-corrected chi connectivity index (χ1v) is 7.71. The van der Waals surface area contributed by atoms with E-state index >= 15 is 0 Å². The van der Waals surface area contributed by atoms with Crippen LogP contribution in [0.4, 0.5) is 39.5 Å². The summed E-state index contributed by atoms with van der Waals surface area (Å²) in [4.78, 5) is 0. The van der Waals surface area contributed by atoms with E-state index in [-0.39, 0.29) is 11.7 Å². The third-order valence-corrected chi connectivity index (χ3v) is 3.79. The van der Waals surface area contributed by atoms with Gasteiger partial charge in [-0.15, -0.1) is 0 Å². The SMILES string of the molecule is CCC(C)c1ccc(OC(C)OC(F)(F)C(F)(F)C(F)(F)C(F)(F)F)cc1. The minimum atomic E-state index is -7.01. The van der Waals surface area contributed by atoms with E-state index in [1.165, 1.54) is 12.1 Å². The maximum absolute atomic E-state index is 13.4. The minimum absolute atomic E-state index is 0.128. The number of rotatable bonds is 8. The molecule has 27 heavy (non-hydrogen) atoms. The molecule has 0 aliphatic carbocycles. The lowest BCUT2D eigenvalue weighted by Gasteiger charge is -2.34. The summed E-state index contributed by atoms with van der Waals surface area (Å²) < 4.78 is 123. The Bertz CT molecular complexity index is 611. The van der Waals surface area contributed by atoms with Crippen molar-refractivity contribution >= 4 is 0 Å². The molecule has 0 bridgehead atoms. The Morgan fingerprint density at radius 3 is 1.70 bits per heavy atom. The summed E-state index contributed by atoms with van der Waals surface area (Å²) in [6.45, 7) is 4.48. The third kappa shape index (κ3) is 4.80. The molecule has 0 radical (unpaired) electrons. The monoisotopic (exact) mass is 412 g/mol. The zero-order valence-electron chi connectivity index (χ0n) is 14.4. The lowest BCUT2D eigenvalue weighted by Crippen LogP contribution is -2.62. The average Bonchev–Trinajstić information content (AvgIpc) is 2.52. The molecule has 0 heterocycles. The summed E-state index contributed by atoms with van der Waals surface area (Å²) in [5.41, 5.74) is 0.861. The summed E-state index contributed by atoms with van der Waals surface area (Å²) >= 11 is 0.